The Morgan fingerprint density at radius 2 is 1.71 bits per heavy atom. The topological polar surface area (TPSA) is 83.4 Å². The van der Waals surface area contributed by atoms with E-state index in [1.807, 2.05) is 0 Å². The van der Waals surface area contributed by atoms with Gasteiger partial charge in [-0.1, -0.05) is 0 Å². The summed E-state index contributed by atoms with van der Waals surface area (Å²) in [5, 5.41) is 16.7. The van der Waals surface area contributed by atoms with Crippen molar-refractivity contribution in [2.45, 2.75) is 13.8 Å². The average Bonchev–Trinajstić information content (AvgIpc) is 2.48. The summed E-state index contributed by atoms with van der Waals surface area (Å²) in [6.07, 6.45) is 0. The second-order valence-corrected chi connectivity index (χ2v) is 4.70. The largest absolute Gasteiger partial charge is 0.478 e. The van der Waals surface area contributed by atoms with Gasteiger partial charge in [0.2, 0.25) is 0 Å². The van der Waals surface area contributed by atoms with Crippen molar-refractivity contribution in [2.75, 3.05) is 11.9 Å². The Labute approximate surface area is 122 Å². The number of aryl methyl sites for hydroxylation is 2. The van der Waals surface area contributed by atoms with Crippen LogP contribution in [0.2, 0.25) is 0 Å². The molecule has 2 aromatic rings. The first kappa shape index (κ1) is 14.6. The number of hydrogen-bond donors (Lipinski definition) is 1. The highest BCUT2D eigenvalue weighted by Gasteiger charge is 2.17. The van der Waals surface area contributed by atoms with Gasteiger partial charge in [0.15, 0.2) is 0 Å². The van der Waals surface area contributed by atoms with Crippen LogP contribution in [0, 0.1) is 13.8 Å². The zero-order chi connectivity index (χ0) is 15.6. The Kier molecular flexibility index (Phi) is 3.98. The number of carboxylic acids is 1. The SMILES string of the molecule is Cc1cc(C(=O)N(C)c2ccc(C(=O)O)cc2)c(C)nn1. The molecule has 0 fully saturated rings. The van der Waals surface area contributed by atoms with Gasteiger partial charge >= 0.3 is 5.97 Å². The molecule has 0 spiro atoms. The third-order valence-electron chi connectivity index (χ3n) is 3.14. The minimum atomic E-state index is -1.000. The highest BCUT2D eigenvalue weighted by molar-refractivity contribution is 6.06. The molecule has 6 nitrogen and oxygen atoms in total. The van der Waals surface area contributed by atoms with Gasteiger partial charge in [0, 0.05) is 12.7 Å². The Balaban J connectivity index is 2.30. The first-order chi connectivity index (χ1) is 9.90. The maximum atomic E-state index is 12.5. The van der Waals surface area contributed by atoms with Crippen LogP contribution in [-0.2, 0) is 0 Å². The maximum Gasteiger partial charge on any atom is 0.335 e. The van der Waals surface area contributed by atoms with Crippen LogP contribution in [0.25, 0.3) is 0 Å². The fourth-order valence-electron chi connectivity index (χ4n) is 1.89. The van der Waals surface area contributed by atoms with Crippen molar-refractivity contribution in [1.82, 2.24) is 10.2 Å². The van der Waals surface area contributed by atoms with Crippen LogP contribution in [0.15, 0.2) is 30.3 Å². The van der Waals surface area contributed by atoms with Gasteiger partial charge < -0.3 is 10.0 Å². The normalized spacial score (nSPS) is 10.2. The molecule has 0 radical (unpaired) electrons. The molecule has 0 aliphatic heterocycles. The van der Waals surface area contributed by atoms with Gasteiger partial charge in [-0.05, 0) is 44.2 Å². The molecule has 0 aliphatic rings. The van der Waals surface area contributed by atoms with E-state index in [-0.39, 0.29) is 11.5 Å². The van der Waals surface area contributed by atoms with Crippen molar-refractivity contribution in [3.63, 3.8) is 0 Å². The van der Waals surface area contributed by atoms with Crippen LogP contribution in [-0.4, -0.2) is 34.2 Å². The third kappa shape index (κ3) is 3.05. The Bertz CT molecular complexity index is 696. The fourth-order valence-corrected chi connectivity index (χ4v) is 1.89. The first-order valence-electron chi connectivity index (χ1n) is 6.32. The summed E-state index contributed by atoms with van der Waals surface area (Å²) < 4.78 is 0. The third-order valence-corrected chi connectivity index (χ3v) is 3.14. The molecule has 1 aromatic heterocycles. The number of hydrogen-bond acceptors (Lipinski definition) is 4. The summed E-state index contributed by atoms with van der Waals surface area (Å²) in [7, 11) is 1.63. The summed E-state index contributed by atoms with van der Waals surface area (Å²) in [5.74, 6) is -1.21. The van der Waals surface area contributed by atoms with Crippen molar-refractivity contribution >= 4 is 17.6 Å². The van der Waals surface area contributed by atoms with E-state index in [0.29, 0.717) is 22.6 Å². The van der Waals surface area contributed by atoms with Gasteiger partial charge in [-0.25, -0.2) is 4.79 Å². The molecule has 1 aromatic carbocycles. The lowest BCUT2D eigenvalue weighted by atomic mass is 10.1. The number of amides is 1. The van der Waals surface area contributed by atoms with E-state index in [0.717, 1.165) is 0 Å². The molecule has 21 heavy (non-hydrogen) atoms. The van der Waals surface area contributed by atoms with Crippen LogP contribution in [0.5, 0.6) is 0 Å². The summed E-state index contributed by atoms with van der Waals surface area (Å²) in [5.41, 5.74) is 2.49. The van der Waals surface area contributed by atoms with Gasteiger partial charge in [0.25, 0.3) is 5.91 Å². The van der Waals surface area contributed by atoms with Gasteiger partial charge in [-0.2, -0.15) is 10.2 Å². The number of aromatic carboxylic acids is 1. The van der Waals surface area contributed by atoms with Gasteiger partial charge in [0.1, 0.15) is 0 Å². The highest BCUT2D eigenvalue weighted by atomic mass is 16.4. The minimum absolute atomic E-state index is 0.178. The average molecular weight is 285 g/mol. The molecular formula is C15H15N3O3. The molecule has 108 valence electrons. The number of carbonyl (C=O) groups is 2. The van der Waals surface area contributed by atoms with Crippen molar-refractivity contribution < 1.29 is 14.7 Å². The van der Waals surface area contributed by atoms with E-state index in [1.165, 1.54) is 17.0 Å². The molecule has 1 heterocycles. The summed E-state index contributed by atoms with van der Waals surface area (Å²) in [4.78, 5) is 24.8. The van der Waals surface area contributed by atoms with Crippen LogP contribution >= 0.6 is 0 Å². The smallest absolute Gasteiger partial charge is 0.335 e. The van der Waals surface area contributed by atoms with Crippen molar-refractivity contribution in [2.24, 2.45) is 0 Å². The lowest BCUT2D eigenvalue weighted by molar-refractivity contribution is 0.0696. The van der Waals surface area contributed by atoms with Crippen molar-refractivity contribution in [3.8, 4) is 0 Å². The number of carbonyl (C=O) groups excluding carboxylic acids is 1. The van der Waals surface area contributed by atoms with Crippen LogP contribution in [0.3, 0.4) is 0 Å². The summed E-state index contributed by atoms with van der Waals surface area (Å²) >= 11 is 0. The molecule has 0 saturated carbocycles. The predicted molar refractivity (Wildman–Crippen MR) is 77.6 cm³/mol. The number of benzene rings is 1. The number of rotatable bonds is 3. The molecule has 2 rings (SSSR count). The highest BCUT2D eigenvalue weighted by Crippen LogP contribution is 2.18. The van der Waals surface area contributed by atoms with E-state index in [2.05, 4.69) is 10.2 Å². The quantitative estimate of drug-likeness (QED) is 0.933. The van der Waals surface area contributed by atoms with Gasteiger partial charge in [-0.3, -0.25) is 4.79 Å². The lowest BCUT2D eigenvalue weighted by Gasteiger charge is -2.18. The maximum absolute atomic E-state index is 12.5. The van der Waals surface area contributed by atoms with E-state index in [9.17, 15) is 9.59 Å². The Morgan fingerprint density at radius 3 is 2.29 bits per heavy atom. The number of nitrogens with zero attached hydrogens (tertiary/aromatic N) is 3. The monoisotopic (exact) mass is 285 g/mol. The van der Waals surface area contributed by atoms with E-state index < -0.39 is 5.97 Å². The first-order valence-corrected chi connectivity index (χ1v) is 6.32. The van der Waals surface area contributed by atoms with Crippen LogP contribution in [0.1, 0.15) is 32.1 Å². The second-order valence-electron chi connectivity index (χ2n) is 4.70. The molecular weight excluding hydrogens is 270 g/mol. The molecule has 0 bridgehead atoms. The molecule has 6 heteroatoms. The van der Waals surface area contributed by atoms with Crippen LogP contribution in [0.4, 0.5) is 5.69 Å². The van der Waals surface area contributed by atoms with Crippen molar-refractivity contribution in [3.05, 3.63) is 52.8 Å². The van der Waals surface area contributed by atoms with Crippen molar-refractivity contribution in [1.29, 1.82) is 0 Å². The molecule has 0 atom stereocenters. The number of carboxylic acid groups (broad SMARTS) is 1. The Morgan fingerprint density at radius 1 is 1.10 bits per heavy atom. The minimum Gasteiger partial charge on any atom is -0.478 e. The zero-order valence-electron chi connectivity index (χ0n) is 12.0. The molecule has 1 amide bonds. The van der Waals surface area contributed by atoms with Gasteiger partial charge in [-0.15, -0.1) is 0 Å². The van der Waals surface area contributed by atoms with E-state index in [1.54, 1.807) is 39.1 Å². The van der Waals surface area contributed by atoms with Crippen LogP contribution < -0.4 is 4.90 Å². The van der Waals surface area contributed by atoms with E-state index >= 15 is 0 Å². The molecule has 0 unspecified atom stereocenters. The second kappa shape index (κ2) is 5.70. The lowest BCUT2D eigenvalue weighted by Crippen LogP contribution is -2.27. The Hall–Kier alpha value is -2.76. The van der Waals surface area contributed by atoms with E-state index in [4.69, 9.17) is 5.11 Å². The summed E-state index contributed by atoms with van der Waals surface area (Å²) in [6, 6.07) is 7.80. The molecule has 0 saturated heterocycles. The standard InChI is InChI=1S/C15H15N3O3/c1-9-8-13(10(2)17-16-9)14(19)18(3)12-6-4-11(5-7-12)15(20)21/h4-8H,1-3H3,(H,20,21). The molecule has 1 N–H and O–H groups in total. The number of anilines is 1. The number of aromatic nitrogens is 2. The fraction of sp³-hybridized carbons (Fsp3) is 0.200. The predicted octanol–water partition coefficient (Wildman–Crippen LogP) is 2.07. The zero-order valence-corrected chi connectivity index (χ0v) is 12.0. The van der Waals surface area contributed by atoms with Gasteiger partial charge in [0.05, 0.1) is 22.5 Å². The molecule has 0 aliphatic carbocycles. The summed E-state index contributed by atoms with van der Waals surface area (Å²) in [6.45, 7) is 3.49.